The summed E-state index contributed by atoms with van der Waals surface area (Å²) in [7, 11) is -3.77. The summed E-state index contributed by atoms with van der Waals surface area (Å²) in [5.74, 6) is -0.431. The van der Waals surface area contributed by atoms with Gasteiger partial charge in [-0.3, -0.25) is 4.79 Å². The first-order valence-electron chi connectivity index (χ1n) is 6.16. The summed E-state index contributed by atoms with van der Waals surface area (Å²) >= 11 is 0. The number of amides is 1. The Balaban J connectivity index is 2.47. The van der Waals surface area contributed by atoms with E-state index in [0.29, 0.717) is 12.0 Å². The molecule has 0 bridgehead atoms. The van der Waals surface area contributed by atoms with Crippen LogP contribution >= 0.6 is 0 Å². The first-order valence-corrected chi connectivity index (χ1v) is 7.60. The second-order valence-electron chi connectivity index (χ2n) is 4.89. The van der Waals surface area contributed by atoms with Gasteiger partial charge >= 0.3 is 0 Å². The lowest BCUT2D eigenvalue weighted by Gasteiger charge is -2.31. The average molecular weight is 279 g/mol. The van der Waals surface area contributed by atoms with Gasteiger partial charge in [0.2, 0.25) is 0 Å². The zero-order chi connectivity index (χ0) is 14.2. The Hall–Kier alpha value is -1.62. The van der Waals surface area contributed by atoms with Crippen molar-refractivity contribution >= 4 is 15.9 Å². The zero-order valence-corrected chi connectivity index (χ0v) is 12.1. The van der Waals surface area contributed by atoms with Crippen molar-refractivity contribution in [3.05, 3.63) is 41.5 Å². The molecule has 1 amide bonds. The number of carbonyl (C=O) groups excluding carboxylic acids is 1. The van der Waals surface area contributed by atoms with Gasteiger partial charge in [0, 0.05) is 11.6 Å². The predicted molar refractivity (Wildman–Crippen MR) is 73.0 cm³/mol. The minimum atomic E-state index is -3.77. The molecule has 19 heavy (non-hydrogen) atoms. The lowest BCUT2D eigenvalue weighted by Crippen LogP contribution is -2.45. The van der Waals surface area contributed by atoms with Crippen molar-refractivity contribution in [1.82, 2.24) is 4.31 Å². The fraction of sp³-hybridized carbons (Fsp3) is 0.357. The Morgan fingerprint density at radius 2 is 1.74 bits per heavy atom. The highest BCUT2D eigenvalue weighted by atomic mass is 32.2. The fourth-order valence-corrected chi connectivity index (χ4v) is 3.70. The minimum Gasteiger partial charge on any atom is -0.268 e. The van der Waals surface area contributed by atoms with Crippen LogP contribution in [-0.4, -0.2) is 24.7 Å². The van der Waals surface area contributed by atoms with Crippen LogP contribution < -0.4 is 0 Å². The highest BCUT2D eigenvalue weighted by molar-refractivity contribution is 7.89. The first-order chi connectivity index (χ1) is 8.84. The van der Waals surface area contributed by atoms with E-state index >= 15 is 0 Å². The monoisotopic (exact) mass is 279 g/mol. The van der Waals surface area contributed by atoms with Crippen molar-refractivity contribution in [2.45, 2.75) is 38.1 Å². The van der Waals surface area contributed by atoms with Crippen LogP contribution in [0.4, 0.5) is 0 Å². The second kappa shape index (κ2) is 4.81. The predicted octanol–water partition coefficient (Wildman–Crippen LogP) is 2.25. The molecular formula is C14H17NO3S. The van der Waals surface area contributed by atoms with Crippen LogP contribution in [-0.2, 0) is 14.8 Å². The average Bonchev–Trinajstić information content (AvgIpc) is 2.34. The molecule has 1 unspecified atom stereocenters. The summed E-state index contributed by atoms with van der Waals surface area (Å²) < 4.78 is 26.1. The van der Waals surface area contributed by atoms with Crippen LogP contribution in [0.1, 0.15) is 25.8 Å². The number of aryl methyl sites for hydroxylation is 1. The first kappa shape index (κ1) is 13.8. The quantitative estimate of drug-likeness (QED) is 0.834. The molecule has 102 valence electrons. The van der Waals surface area contributed by atoms with Gasteiger partial charge in [0.1, 0.15) is 0 Å². The van der Waals surface area contributed by atoms with E-state index in [1.165, 1.54) is 0 Å². The Bertz CT molecular complexity index is 629. The van der Waals surface area contributed by atoms with Gasteiger partial charge in [-0.1, -0.05) is 23.8 Å². The van der Waals surface area contributed by atoms with Crippen LogP contribution in [0.15, 0.2) is 40.8 Å². The number of nitrogens with zero attached hydrogens (tertiary/aromatic N) is 1. The molecule has 0 aliphatic carbocycles. The molecule has 1 aliphatic rings. The molecule has 1 aliphatic heterocycles. The number of sulfonamides is 1. The zero-order valence-electron chi connectivity index (χ0n) is 11.3. The normalized spacial score (nSPS) is 20.4. The molecule has 4 nitrogen and oxygen atoms in total. The van der Waals surface area contributed by atoms with Crippen molar-refractivity contribution in [3.8, 4) is 0 Å². The van der Waals surface area contributed by atoms with Crippen molar-refractivity contribution in [2.75, 3.05) is 0 Å². The van der Waals surface area contributed by atoms with Crippen molar-refractivity contribution in [2.24, 2.45) is 0 Å². The Morgan fingerprint density at radius 1 is 1.16 bits per heavy atom. The molecule has 1 atom stereocenters. The number of hydrogen-bond acceptors (Lipinski definition) is 3. The van der Waals surface area contributed by atoms with Crippen LogP contribution in [0.25, 0.3) is 0 Å². The van der Waals surface area contributed by atoms with Gasteiger partial charge in [-0.05, 0) is 39.3 Å². The molecular weight excluding hydrogens is 262 g/mol. The van der Waals surface area contributed by atoms with E-state index in [0.717, 1.165) is 9.87 Å². The second-order valence-corrected chi connectivity index (χ2v) is 6.71. The maximum absolute atomic E-state index is 12.5. The summed E-state index contributed by atoms with van der Waals surface area (Å²) in [4.78, 5) is 12.3. The lowest BCUT2D eigenvalue weighted by molar-refractivity contribution is -0.124. The Labute approximate surface area is 113 Å². The molecule has 0 spiro atoms. The molecule has 0 saturated carbocycles. The smallest absolute Gasteiger partial charge is 0.267 e. The van der Waals surface area contributed by atoms with E-state index in [2.05, 4.69) is 0 Å². The molecule has 2 rings (SSSR count). The molecule has 0 saturated heterocycles. The van der Waals surface area contributed by atoms with Gasteiger partial charge in [-0.2, -0.15) is 0 Å². The van der Waals surface area contributed by atoms with E-state index in [9.17, 15) is 13.2 Å². The van der Waals surface area contributed by atoms with Crippen LogP contribution in [0.5, 0.6) is 0 Å². The van der Waals surface area contributed by atoms with Gasteiger partial charge in [0.25, 0.3) is 15.9 Å². The van der Waals surface area contributed by atoms with Gasteiger partial charge in [-0.15, -0.1) is 0 Å². The SMILES string of the molecule is CC1=CCC(C)N(S(=O)(=O)c2ccc(C)cc2)C1=O. The van der Waals surface area contributed by atoms with E-state index in [1.54, 1.807) is 44.2 Å². The van der Waals surface area contributed by atoms with Crippen LogP contribution in [0, 0.1) is 6.92 Å². The number of rotatable bonds is 2. The number of carbonyl (C=O) groups is 1. The minimum absolute atomic E-state index is 0.160. The fourth-order valence-electron chi connectivity index (χ4n) is 2.07. The molecule has 1 aromatic rings. The Morgan fingerprint density at radius 3 is 2.32 bits per heavy atom. The standard InChI is InChI=1S/C14H17NO3S/c1-10-4-8-13(9-5-10)19(17,18)15-12(3)7-6-11(2)14(15)16/h4-6,8-9,12H,7H2,1-3H3. The molecule has 5 heteroatoms. The van der Waals surface area contributed by atoms with Crippen molar-refractivity contribution in [1.29, 1.82) is 0 Å². The van der Waals surface area contributed by atoms with Crippen LogP contribution in [0.2, 0.25) is 0 Å². The van der Waals surface area contributed by atoms with E-state index in [4.69, 9.17) is 0 Å². The summed E-state index contributed by atoms with van der Waals surface area (Å²) in [5.41, 5.74) is 1.46. The molecule has 0 radical (unpaired) electrons. The number of hydrogen-bond donors (Lipinski definition) is 0. The molecule has 0 aromatic heterocycles. The van der Waals surface area contributed by atoms with Gasteiger partial charge in [-0.25, -0.2) is 12.7 Å². The van der Waals surface area contributed by atoms with Gasteiger partial charge in [0.05, 0.1) is 4.90 Å². The molecule has 1 heterocycles. The summed E-state index contributed by atoms with van der Waals surface area (Å²) in [6.45, 7) is 5.27. The number of benzene rings is 1. The summed E-state index contributed by atoms with van der Waals surface area (Å²) in [6, 6.07) is 6.20. The lowest BCUT2D eigenvalue weighted by atomic mass is 10.1. The summed E-state index contributed by atoms with van der Waals surface area (Å²) in [6.07, 6.45) is 2.34. The third kappa shape index (κ3) is 2.42. The maximum atomic E-state index is 12.5. The summed E-state index contributed by atoms with van der Waals surface area (Å²) in [5, 5.41) is 0. The molecule has 0 fully saturated rings. The van der Waals surface area contributed by atoms with Gasteiger partial charge < -0.3 is 0 Å². The van der Waals surface area contributed by atoms with Crippen LogP contribution in [0.3, 0.4) is 0 Å². The third-order valence-electron chi connectivity index (χ3n) is 3.28. The van der Waals surface area contributed by atoms with Gasteiger partial charge in [0.15, 0.2) is 0 Å². The van der Waals surface area contributed by atoms with Crippen molar-refractivity contribution < 1.29 is 13.2 Å². The molecule has 0 N–H and O–H groups in total. The topological polar surface area (TPSA) is 54.5 Å². The highest BCUT2D eigenvalue weighted by Gasteiger charge is 2.35. The van der Waals surface area contributed by atoms with E-state index in [-0.39, 0.29) is 10.9 Å². The molecule has 1 aromatic carbocycles. The van der Waals surface area contributed by atoms with Crippen molar-refractivity contribution in [3.63, 3.8) is 0 Å². The maximum Gasteiger partial charge on any atom is 0.267 e. The Kier molecular flexibility index (Phi) is 3.49. The highest BCUT2D eigenvalue weighted by Crippen LogP contribution is 2.25. The van der Waals surface area contributed by atoms with E-state index < -0.39 is 15.9 Å². The van der Waals surface area contributed by atoms with E-state index in [1.807, 2.05) is 6.92 Å². The largest absolute Gasteiger partial charge is 0.268 e. The third-order valence-corrected chi connectivity index (χ3v) is 5.19.